The number of rotatable bonds is 5. The number of pyridine rings is 1. The molecule has 2 aromatic heterocycles. The summed E-state index contributed by atoms with van der Waals surface area (Å²) in [5, 5.41) is 14.3. The van der Waals surface area contributed by atoms with Gasteiger partial charge in [-0.2, -0.15) is 4.91 Å². The first-order chi connectivity index (χ1) is 14.6. The van der Waals surface area contributed by atoms with Gasteiger partial charge in [-0.1, -0.05) is 59.0 Å². The molecule has 0 bridgehead atoms. The number of nitrogens with zero attached hydrogens (tertiary/aromatic N) is 4. The van der Waals surface area contributed by atoms with E-state index in [-0.39, 0.29) is 18.0 Å². The zero-order valence-corrected chi connectivity index (χ0v) is 17.1. The first kappa shape index (κ1) is 20.1. The SMILES string of the molecule is NC(CN=O)C1(c2ccccc2)CC1.Nc1nnc(-c2ccc3cnccc3c2)s1. The van der Waals surface area contributed by atoms with Gasteiger partial charge in [0, 0.05) is 34.8 Å². The molecule has 8 heteroatoms. The lowest BCUT2D eigenvalue weighted by Gasteiger charge is -2.21. The third-order valence-corrected chi connectivity index (χ3v) is 6.25. The lowest BCUT2D eigenvalue weighted by Crippen LogP contribution is -2.37. The summed E-state index contributed by atoms with van der Waals surface area (Å²) < 4.78 is 0. The van der Waals surface area contributed by atoms with E-state index in [4.69, 9.17) is 11.5 Å². The molecule has 1 saturated carbocycles. The minimum absolute atomic E-state index is 0.0369. The molecule has 1 fully saturated rings. The molecule has 0 saturated heterocycles. The summed E-state index contributed by atoms with van der Waals surface area (Å²) in [5.41, 5.74) is 13.8. The maximum atomic E-state index is 10.2. The molecule has 2 heterocycles. The molecule has 0 radical (unpaired) electrons. The van der Waals surface area contributed by atoms with Gasteiger partial charge in [0.1, 0.15) is 5.01 Å². The van der Waals surface area contributed by atoms with Crippen LogP contribution in [0, 0.1) is 4.91 Å². The fourth-order valence-electron chi connectivity index (χ4n) is 3.60. The Hall–Kier alpha value is -3.23. The zero-order valence-electron chi connectivity index (χ0n) is 16.3. The van der Waals surface area contributed by atoms with Gasteiger partial charge in [0.2, 0.25) is 5.13 Å². The number of hydrogen-bond acceptors (Lipinski definition) is 8. The molecule has 5 rings (SSSR count). The molecule has 1 aliphatic rings. The van der Waals surface area contributed by atoms with Crippen molar-refractivity contribution in [1.29, 1.82) is 0 Å². The fraction of sp³-hybridized carbons (Fsp3) is 0.227. The van der Waals surface area contributed by atoms with Gasteiger partial charge >= 0.3 is 0 Å². The van der Waals surface area contributed by atoms with Gasteiger partial charge in [0.25, 0.3) is 0 Å². The number of benzene rings is 2. The minimum atomic E-state index is -0.123. The second-order valence-corrected chi connectivity index (χ2v) is 8.33. The number of fused-ring (bicyclic) bond motifs is 1. The van der Waals surface area contributed by atoms with Crippen LogP contribution in [0.4, 0.5) is 5.13 Å². The molecule has 0 spiro atoms. The van der Waals surface area contributed by atoms with E-state index in [0.29, 0.717) is 5.13 Å². The number of nitrogens with two attached hydrogens (primary N) is 2. The molecule has 2 aromatic carbocycles. The van der Waals surface area contributed by atoms with E-state index in [1.54, 1.807) is 6.20 Å². The lowest BCUT2D eigenvalue weighted by molar-refractivity contribution is 0.525. The molecule has 7 nitrogen and oxygen atoms in total. The summed E-state index contributed by atoms with van der Waals surface area (Å²) in [5.74, 6) is 0. The summed E-state index contributed by atoms with van der Waals surface area (Å²) in [7, 11) is 0. The molecule has 1 unspecified atom stereocenters. The van der Waals surface area contributed by atoms with E-state index in [2.05, 4.69) is 38.6 Å². The Kier molecular flexibility index (Phi) is 5.78. The first-order valence-electron chi connectivity index (χ1n) is 9.66. The van der Waals surface area contributed by atoms with Crippen LogP contribution in [0.1, 0.15) is 18.4 Å². The molecule has 4 aromatic rings. The van der Waals surface area contributed by atoms with E-state index in [1.165, 1.54) is 16.9 Å². The number of nitroso groups, excluding NO2 is 1. The molecule has 4 N–H and O–H groups in total. The highest BCUT2D eigenvalue weighted by Crippen LogP contribution is 2.50. The Morgan fingerprint density at radius 1 is 1.07 bits per heavy atom. The van der Waals surface area contributed by atoms with Crippen molar-refractivity contribution in [2.45, 2.75) is 24.3 Å². The van der Waals surface area contributed by atoms with Crippen molar-refractivity contribution in [3.63, 3.8) is 0 Å². The van der Waals surface area contributed by atoms with Gasteiger partial charge in [-0.3, -0.25) is 4.98 Å². The topological polar surface area (TPSA) is 120 Å². The Morgan fingerprint density at radius 3 is 2.53 bits per heavy atom. The van der Waals surface area contributed by atoms with Crippen LogP contribution in [0.15, 0.2) is 72.2 Å². The van der Waals surface area contributed by atoms with Crippen LogP contribution in [0.25, 0.3) is 21.3 Å². The Bertz CT molecular complexity index is 1140. The van der Waals surface area contributed by atoms with Gasteiger partial charge in [-0.15, -0.1) is 10.2 Å². The number of anilines is 1. The fourth-order valence-corrected chi connectivity index (χ4v) is 4.21. The molecular weight excluding hydrogens is 396 g/mol. The predicted octanol–water partition coefficient (Wildman–Crippen LogP) is 4.15. The smallest absolute Gasteiger partial charge is 0.203 e. The highest BCUT2D eigenvalue weighted by atomic mass is 32.1. The summed E-state index contributed by atoms with van der Waals surface area (Å²) in [6.07, 6.45) is 5.77. The van der Waals surface area contributed by atoms with Gasteiger partial charge in [-0.05, 0) is 35.9 Å². The third kappa shape index (κ3) is 4.19. The van der Waals surface area contributed by atoms with Gasteiger partial charge in [-0.25, -0.2) is 0 Å². The molecule has 152 valence electrons. The third-order valence-electron chi connectivity index (χ3n) is 5.45. The van der Waals surface area contributed by atoms with Crippen LogP contribution in [0.3, 0.4) is 0 Å². The molecule has 1 aliphatic carbocycles. The summed E-state index contributed by atoms with van der Waals surface area (Å²) in [4.78, 5) is 14.3. The molecule has 0 amide bonds. The van der Waals surface area contributed by atoms with Crippen molar-refractivity contribution in [2.24, 2.45) is 10.9 Å². The van der Waals surface area contributed by atoms with E-state index >= 15 is 0 Å². The van der Waals surface area contributed by atoms with Crippen LogP contribution in [0.2, 0.25) is 0 Å². The van der Waals surface area contributed by atoms with E-state index in [1.807, 2.05) is 42.6 Å². The van der Waals surface area contributed by atoms with Crippen LogP contribution < -0.4 is 11.5 Å². The monoisotopic (exact) mass is 418 g/mol. The van der Waals surface area contributed by atoms with Crippen LogP contribution in [0.5, 0.6) is 0 Å². The normalized spacial score (nSPS) is 15.1. The maximum absolute atomic E-state index is 10.2. The summed E-state index contributed by atoms with van der Waals surface area (Å²) in [6.45, 7) is 0.217. The molecule has 1 atom stereocenters. The van der Waals surface area contributed by atoms with Crippen molar-refractivity contribution in [2.75, 3.05) is 12.3 Å². The second kappa shape index (κ2) is 8.64. The summed E-state index contributed by atoms with van der Waals surface area (Å²) in [6, 6.07) is 18.1. The first-order valence-corrected chi connectivity index (χ1v) is 10.5. The van der Waals surface area contributed by atoms with Crippen molar-refractivity contribution < 1.29 is 0 Å². The average molecular weight is 419 g/mol. The van der Waals surface area contributed by atoms with Crippen LogP contribution >= 0.6 is 11.3 Å². The van der Waals surface area contributed by atoms with Gasteiger partial charge in [0.15, 0.2) is 0 Å². The zero-order chi connectivity index (χ0) is 21.0. The average Bonchev–Trinajstić information content (AvgIpc) is 3.49. The number of hydrogen-bond donors (Lipinski definition) is 2. The number of nitrogen functional groups attached to an aromatic ring is 1. The largest absolute Gasteiger partial charge is 0.374 e. The van der Waals surface area contributed by atoms with E-state index in [0.717, 1.165) is 34.2 Å². The van der Waals surface area contributed by atoms with Gasteiger partial charge in [0.05, 0.1) is 6.54 Å². The van der Waals surface area contributed by atoms with E-state index < -0.39 is 0 Å². The number of aromatic nitrogens is 3. The maximum Gasteiger partial charge on any atom is 0.203 e. The quantitative estimate of drug-likeness (QED) is 0.470. The van der Waals surface area contributed by atoms with Crippen LogP contribution in [-0.4, -0.2) is 27.8 Å². The van der Waals surface area contributed by atoms with Crippen molar-refractivity contribution >= 4 is 27.2 Å². The lowest BCUT2D eigenvalue weighted by atomic mass is 9.88. The Labute approximate surface area is 178 Å². The molecular formula is C22H22N6OS. The van der Waals surface area contributed by atoms with Crippen molar-refractivity contribution in [3.8, 4) is 10.6 Å². The van der Waals surface area contributed by atoms with Gasteiger partial charge < -0.3 is 11.5 Å². The summed E-state index contributed by atoms with van der Waals surface area (Å²) >= 11 is 1.39. The standard InChI is InChI=1S/C11H8N4S.C11H14N2O/c12-11-15-14-10(16-11)8-1-2-9-6-13-4-3-7(9)5-8;12-10(8-13-14)11(6-7-11)9-4-2-1-3-5-9/h1-6H,(H2,12,15);1-5,10H,6-8,12H2. The van der Waals surface area contributed by atoms with E-state index in [9.17, 15) is 4.91 Å². The van der Waals surface area contributed by atoms with Crippen molar-refractivity contribution in [1.82, 2.24) is 15.2 Å². The van der Waals surface area contributed by atoms with Crippen LogP contribution in [-0.2, 0) is 5.41 Å². The second-order valence-electron chi connectivity index (χ2n) is 7.32. The Balaban J connectivity index is 0.000000147. The minimum Gasteiger partial charge on any atom is -0.374 e. The molecule has 0 aliphatic heterocycles. The molecule has 30 heavy (non-hydrogen) atoms. The predicted molar refractivity (Wildman–Crippen MR) is 121 cm³/mol. The highest BCUT2D eigenvalue weighted by molar-refractivity contribution is 7.18. The van der Waals surface area contributed by atoms with Crippen molar-refractivity contribution in [3.05, 3.63) is 77.5 Å². The Morgan fingerprint density at radius 2 is 1.87 bits per heavy atom. The highest BCUT2D eigenvalue weighted by Gasteiger charge is 2.49.